The number of rotatable bonds is 4. The maximum atomic E-state index is 5.15. The van der Waals surface area contributed by atoms with E-state index in [2.05, 4.69) is 9.97 Å². The van der Waals surface area contributed by atoms with Gasteiger partial charge in [-0.15, -0.1) is 11.3 Å². The van der Waals surface area contributed by atoms with E-state index in [4.69, 9.17) is 9.47 Å². The number of thiophene rings is 1. The number of hydrogen-bond donors (Lipinski definition) is 0. The van der Waals surface area contributed by atoms with Crippen LogP contribution in [0.3, 0.4) is 0 Å². The highest BCUT2D eigenvalue weighted by Gasteiger charge is 2.12. The third kappa shape index (κ3) is 2.27. The summed E-state index contributed by atoms with van der Waals surface area (Å²) in [6, 6.07) is 5.74. The Balaban J connectivity index is 2.33. The van der Waals surface area contributed by atoms with Crippen LogP contribution >= 0.6 is 11.3 Å². The van der Waals surface area contributed by atoms with Crippen LogP contribution in [0.15, 0.2) is 29.8 Å². The van der Waals surface area contributed by atoms with Crippen molar-refractivity contribution in [3.05, 3.63) is 35.5 Å². The second kappa shape index (κ2) is 5.16. The molecule has 2 heterocycles. The molecule has 16 heavy (non-hydrogen) atoms. The summed E-state index contributed by atoms with van der Waals surface area (Å²) in [4.78, 5) is 9.66. The van der Waals surface area contributed by atoms with Crippen molar-refractivity contribution < 1.29 is 9.47 Å². The van der Waals surface area contributed by atoms with E-state index in [0.29, 0.717) is 5.82 Å². The summed E-state index contributed by atoms with van der Waals surface area (Å²) >= 11 is 1.61. The van der Waals surface area contributed by atoms with Crippen LogP contribution < -0.4 is 0 Å². The van der Waals surface area contributed by atoms with Crippen LogP contribution in [0.25, 0.3) is 10.7 Å². The third-order valence-electron chi connectivity index (χ3n) is 2.09. The highest BCUT2D eigenvalue weighted by atomic mass is 32.1. The number of aromatic nitrogens is 2. The van der Waals surface area contributed by atoms with Crippen molar-refractivity contribution in [1.29, 1.82) is 0 Å². The zero-order chi connectivity index (χ0) is 11.4. The van der Waals surface area contributed by atoms with E-state index >= 15 is 0 Å². The Bertz CT molecular complexity index is 441. The number of nitrogens with zero attached hydrogens (tertiary/aromatic N) is 2. The first-order valence-electron chi connectivity index (χ1n) is 4.77. The summed E-state index contributed by atoms with van der Waals surface area (Å²) in [5.41, 5.74) is 0.725. The van der Waals surface area contributed by atoms with Gasteiger partial charge in [-0.3, -0.25) is 0 Å². The fourth-order valence-corrected chi connectivity index (χ4v) is 2.03. The fraction of sp³-hybridized carbons (Fsp3) is 0.273. The van der Waals surface area contributed by atoms with E-state index in [1.165, 1.54) is 0 Å². The molecule has 2 aromatic rings. The first-order valence-corrected chi connectivity index (χ1v) is 5.65. The summed E-state index contributed by atoms with van der Waals surface area (Å²) < 4.78 is 10.3. The normalized spacial score (nSPS) is 10.9. The van der Waals surface area contributed by atoms with Crippen LogP contribution in [-0.4, -0.2) is 24.2 Å². The molecule has 2 aromatic heterocycles. The van der Waals surface area contributed by atoms with Crippen LogP contribution in [0.1, 0.15) is 12.0 Å². The van der Waals surface area contributed by atoms with Gasteiger partial charge >= 0.3 is 0 Å². The van der Waals surface area contributed by atoms with Gasteiger partial charge in [-0.2, -0.15) is 0 Å². The fourth-order valence-electron chi connectivity index (χ4n) is 1.37. The predicted molar refractivity (Wildman–Crippen MR) is 62.1 cm³/mol. The van der Waals surface area contributed by atoms with Crippen molar-refractivity contribution in [2.24, 2.45) is 0 Å². The lowest BCUT2D eigenvalue weighted by Crippen LogP contribution is -2.06. The van der Waals surface area contributed by atoms with E-state index in [9.17, 15) is 0 Å². The van der Waals surface area contributed by atoms with Crippen molar-refractivity contribution in [1.82, 2.24) is 9.97 Å². The minimum Gasteiger partial charge on any atom is -0.350 e. The molecule has 0 radical (unpaired) electrons. The van der Waals surface area contributed by atoms with Crippen molar-refractivity contribution >= 4 is 11.3 Å². The van der Waals surface area contributed by atoms with Crippen LogP contribution in [0.2, 0.25) is 0 Å². The van der Waals surface area contributed by atoms with Gasteiger partial charge in [-0.05, 0) is 17.5 Å². The third-order valence-corrected chi connectivity index (χ3v) is 2.95. The van der Waals surface area contributed by atoms with Crippen LogP contribution in [0.5, 0.6) is 0 Å². The van der Waals surface area contributed by atoms with Gasteiger partial charge in [0.15, 0.2) is 5.82 Å². The minimum absolute atomic E-state index is 0.443. The quantitative estimate of drug-likeness (QED) is 0.765. The Morgan fingerprint density at radius 2 is 2.06 bits per heavy atom. The second-order valence-corrected chi connectivity index (χ2v) is 4.03. The number of methoxy groups -OCH3 is 2. The zero-order valence-corrected chi connectivity index (χ0v) is 9.90. The molecule has 0 aliphatic rings. The van der Waals surface area contributed by atoms with Crippen molar-refractivity contribution in [3.63, 3.8) is 0 Å². The molecule has 5 heteroatoms. The molecule has 0 aromatic carbocycles. The van der Waals surface area contributed by atoms with Gasteiger partial charge in [0.05, 0.1) is 4.88 Å². The van der Waals surface area contributed by atoms with Crippen LogP contribution in [-0.2, 0) is 9.47 Å². The smallest absolute Gasteiger partial charge is 0.200 e. The number of ether oxygens (including phenoxy) is 2. The first-order chi connectivity index (χ1) is 7.85. The molecule has 84 valence electrons. The van der Waals surface area contributed by atoms with Gasteiger partial charge in [0.1, 0.15) is 5.69 Å². The van der Waals surface area contributed by atoms with Gasteiger partial charge in [-0.1, -0.05) is 6.07 Å². The standard InChI is InChI=1S/C11H12N2O2S/c1-14-11(15-2)8-5-6-12-10(13-8)9-4-3-7-16-9/h3-7,11H,1-2H3. The Morgan fingerprint density at radius 1 is 1.25 bits per heavy atom. The second-order valence-electron chi connectivity index (χ2n) is 3.09. The molecule has 0 bridgehead atoms. The Kier molecular flexibility index (Phi) is 3.61. The van der Waals surface area contributed by atoms with E-state index in [1.807, 2.05) is 17.5 Å². The molecular weight excluding hydrogens is 224 g/mol. The van der Waals surface area contributed by atoms with Crippen molar-refractivity contribution in [3.8, 4) is 10.7 Å². The summed E-state index contributed by atoms with van der Waals surface area (Å²) in [5.74, 6) is 0.701. The maximum absolute atomic E-state index is 5.15. The highest BCUT2D eigenvalue weighted by Crippen LogP contribution is 2.22. The highest BCUT2D eigenvalue weighted by molar-refractivity contribution is 7.13. The molecular formula is C11H12N2O2S. The molecule has 4 nitrogen and oxygen atoms in total. The first kappa shape index (κ1) is 11.2. The lowest BCUT2D eigenvalue weighted by Gasteiger charge is -2.12. The molecule has 0 amide bonds. The summed E-state index contributed by atoms with van der Waals surface area (Å²) in [6.07, 6.45) is 1.27. The molecule has 0 unspecified atom stereocenters. The lowest BCUT2D eigenvalue weighted by molar-refractivity contribution is -0.108. The molecule has 0 aliphatic carbocycles. The molecule has 0 N–H and O–H groups in total. The average molecular weight is 236 g/mol. The molecule has 0 saturated heterocycles. The molecule has 0 spiro atoms. The van der Waals surface area contributed by atoms with Gasteiger partial charge < -0.3 is 9.47 Å². The van der Waals surface area contributed by atoms with Gasteiger partial charge in [0.25, 0.3) is 0 Å². The van der Waals surface area contributed by atoms with E-state index in [-0.39, 0.29) is 0 Å². The maximum Gasteiger partial charge on any atom is 0.200 e. The SMILES string of the molecule is COC(OC)c1ccnc(-c2cccs2)n1. The van der Waals surface area contributed by atoms with Gasteiger partial charge in [0.2, 0.25) is 6.29 Å². The van der Waals surface area contributed by atoms with E-state index in [0.717, 1.165) is 10.6 Å². The van der Waals surface area contributed by atoms with Gasteiger partial charge in [0, 0.05) is 20.4 Å². The molecule has 0 atom stereocenters. The molecule has 0 saturated carbocycles. The van der Waals surface area contributed by atoms with Crippen LogP contribution in [0.4, 0.5) is 0 Å². The van der Waals surface area contributed by atoms with Crippen molar-refractivity contribution in [2.75, 3.05) is 14.2 Å². The molecule has 2 rings (SSSR count). The van der Waals surface area contributed by atoms with Gasteiger partial charge in [-0.25, -0.2) is 9.97 Å². The zero-order valence-electron chi connectivity index (χ0n) is 9.08. The Hall–Kier alpha value is -1.30. The monoisotopic (exact) mass is 236 g/mol. The van der Waals surface area contributed by atoms with E-state index in [1.54, 1.807) is 37.8 Å². The summed E-state index contributed by atoms with van der Waals surface area (Å²) in [7, 11) is 3.17. The Labute approximate surface area is 97.9 Å². The molecule has 0 aliphatic heterocycles. The minimum atomic E-state index is -0.443. The summed E-state index contributed by atoms with van der Waals surface area (Å²) in [6.45, 7) is 0. The Morgan fingerprint density at radius 3 is 2.69 bits per heavy atom. The summed E-state index contributed by atoms with van der Waals surface area (Å²) in [5, 5.41) is 2.00. The predicted octanol–water partition coefficient (Wildman–Crippen LogP) is 2.50. The van der Waals surface area contributed by atoms with E-state index < -0.39 is 6.29 Å². The molecule has 0 fully saturated rings. The topological polar surface area (TPSA) is 44.2 Å². The largest absolute Gasteiger partial charge is 0.350 e. The lowest BCUT2D eigenvalue weighted by atomic mass is 10.3. The average Bonchev–Trinajstić information content (AvgIpc) is 2.85. The van der Waals surface area contributed by atoms with Crippen molar-refractivity contribution in [2.45, 2.75) is 6.29 Å². The van der Waals surface area contributed by atoms with Crippen LogP contribution in [0, 0.1) is 0 Å². The number of hydrogen-bond acceptors (Lipinski definition) is 5.